The predicted molar refractivity (Wildman–Crippen MR) is 47.7 cm³/mol. The standard InChI is InChI=1S/C9H18N2O/c1-2-12-11-7-8-3-4-9(11)6-10-5-8/h8-10H,2-7H2,1H3. The summed E-state index contributed by atoms with van der Waals surface area (Å²) in [5.41, 5.74) is 0. The smallest absolute Gasteiger partial charge is 0.0657 e. The summed E-state index contributed by atoms with van der Waals surface area (Å²) < 4.78 is 0. The Morgan fingerprint density at radius 1 is 1.42 bits per heavy atom. The molecule has 3 rings (SSSR count). The monoisotopic (exact) mass is 170 g/mol. The highest BCUT2D eigenvalue weighted by molar-refractivity contribution is 4.84. The summed E-state index contributed by atoms with van der Waals surface area (Å²) in [5, 5.41) is 5.66. The maximum Gasteiger partial charge on any atom is 0.0657 e. The molecule has 2 atom stereocenters. The molecule has 0 aromatic rings. The van der Waals surface area contributed by atoms with Crippen LogP contribution in [-0.4, -0.2) is 37.3 Å². The minimum Gasteiger partial charge on any atom is -0.315 e. The average molecular weight is 170 g/mol. The number of nitrogens with zero attached hydrogens (tertiary/aromatic N) is 1. The zero-order chi connectivity index (χ0) is 8.39. The van der Waals surface area contributed by atoms with Gasteiger partial charge in [0.05, 0.1) is 6.61 Å². The molecule has 70 valence electrons. The number of piperidine rings is 1. The van der Waals surface area contributed by atoms with Crippen molar-refractivity contribution < 1.29 is 4.84 Å². The highest BCUT2D eigenvalue weighted by atomic mass is 16.7. The molecule has 2 bridgehead atoms. The number of rotatable bonds is 2. The van der Waals surface area contributed by atoms with E-state index in [9.17, 15) is 0 Å². The Hall–Kier alpha value is -0.120. The van der Waals surface area contributed by atoms with Crippen LogP contribution in [0.25, 0.3) is 0 Å². The lowest BCUT2D eigenvalue weighted by Gasteiger charge is -2.34. The molecule has 1 N–H and O–H groups in total. The van der Waals surface area contributed by atoms with E-state index in [1.54, 1.807) is 0 Å². The molecule has 3 heteroatoms. The second-order valence-corrected chi connectivity index (χ2v) is 3.77. The van der Waals surface area contributed by atoms with Crippen LogP contribution in [0.3, 0.4) is 0 Å². The van der Waals surface area contributed by atoms with Gasteiger partial charge in [-0.3, -0.25) is 4.84 Å². The van der Waals surface area contributed by atoms with E-state index in [1.807, 2.05) is 0 Å². The molecule has 2 unspecified atom stereocenters. The molecule has 0 aromatic heterocycles. The Kier molecular flexibility index (Phi) is 2.63. The third-order valence-corrected chi connectivity index (χ3v) is 2.86. The van der Waals surface area contributed by atoms with Crippen molar-refractivity contribution in [3.63, 3.8) is 0 Å². The molecule has 0 spiro atoms. The van der Waals surface area contributed by atoms with Crippen LogP contribution in [0, 0.1) is 5.92 Å². The zero-order valence-corrected chi connectivity index (χ0v) is 7.75. The number of hydroxylamine groups is 2. The van der Waals surface area contributed by atoms with Crippen LogP contribution in [-0.2, 0) is 4.84 Å². The lowest BCUT2D eigenvalue weighted by molar-refractivity contribution is -0.196. The van der Waals surface area contributed by atoms with Gasteiger partial charge in [-0.05, 0) is 32.2 Å². The normalized spacial score (nSPS) is 36.8. The highest BCUT2D eigenvalue weighted by Gasteiger charge is 2.31. The molecule has 3 saturated heterocycles. The van der Waals surface area contributed by atoms with E-state index < -0.39 is 0 Å². The maximum absolute atomic E-state index is 5.59. The summed E-state index contributed by atoms with van der Waals surface area (Å²) >= 11 is 0. The van der Waals surface area contributed by atoms with Crippen LogP contribution in [0.5, 0.6) is 0 Å². The first-order valence-corrected chi connectivity index (χ1v) is 5.00. The Morgan fingerprint density at radius 3 is 3.17 bits per heavy atom. The van der Waals surface area contributed by atoms with E-state index in [-0.39, 0.29) is 0 Å². The first-order valence-electron chi connectivity index (χ1n) is 5.00. The van der Waals surface area contributed by atoms with E-state index in [2.05, 4.69) is 17.3 Å². The van der Waals surface area contributed by atoms with Crippen molar-refractivity contribution in [2.24, 2.45) is 5.92 Å². The van der Waals surface area contributed by atoms with Crippen molar-refractivity contribution >= 4 is 0 Å². The summed E-state index contributed by atoms with van der Waals surface area (Å²) in [4.78, 5) is 5.59. The van der Waals surface area contributed by atoms with Gasteiger partial charge >= 0.3 is 0 Å². The molecule has 3 heterocycles. The van der Waals surface area contributed by atoms with E-state index in [0.29, 0.717) is 6.04 Å². The zero-order valence-electron chi connectivity index (χ0n) is 7.75. The van der Waals surface area contributed by atoms with Crippen LogP contribution >= 0.6 is 0 Å². The van der Waals surface area contributed by atoms with E-state index >= 15 is 0 Å². The molecule has 0 radical (unpaired) electrons. The Morgan fingerprint density at radius 2 is 2.33 bits per heavy atom. The Labute approximate surface area is 74.0 Å². The van der Waals surface area contributed by atoms with Gasteiger partial charge in [-0.25, -0.2) is 0 Å². The molecule has 12 heavy (non-hydrogen) atoms. The van der Waals surface area contributed by atoms with Gasteiger partial charge in [0.2, 0.25) is 0 Å². The van der Waals surface area contributed by atoms with E-state index in [1.165, 1.54) is 19.4 Å². The molecule has 3 nitrogen and oxygen atoms in total. The van der Waals surface area contributed by atoms with Gasteiger partial charge in [0.25, 0.3) is 0 Å². The molecule has 0 amide bonds. The molecule has 0 aliphatic carbocycles. The number of fused-ring (bicyclic) bond motifs is 4. The second kappa shape index (κ2) is 3.73. The van der Waals surface area contributed by atoms with E-state index in [0.717, 1.165) is 25.6 Å². The van der Waals surface area contributed by atoms with Gasteiger partial charge in [-0.2, -0.15) is 5.06 Å². The molecular weight excluding hydrogens is 152 g/mol. The minimum atomic E-state index is 0.628. The van der Waals surface area contributed by atoms with Crippen LogP contribution in [0.2, 0.25) is 0 Å². The number of hydrogen-bond donors (Lipinski definition) is 1. The van der Waals surface area contributed by atoms with Crippen LogP contribution in [0.1, 0.15) is 19.8 Å². The van der Waals surface area contributed by atoms with Gasteiger partial charge in [-0.15, -0.1) is 0 Å². The van der Waals surface area contributed by atoms with Crippen molar-refractivity contribution in [3.05, 3.63) is 0 Å². The molecule has 3 aliphatic heterocycles. The van der Waals surface area contributed by atoms with Gasteiger partial charge in [0.1, 0.15) is 0 Å². The summed E-state index contributed by atoms with van der Waals surface area (Å²) in [7, 11) is 0. The minimum absolute atomic E-state index is 0.628. The van der Waals surface area contributed by atoms with Crippen LogP contribution < -0.4 is 5.32 Å². The van der Waals surface area contributed by atoms with E-state index in [4.69, 9.17) is 4.84 Å². The topological polar surface area (TPSA) is 24.5 Å². The van der Waals surface area contributed by atoms with Crippen molar-refractivity contribution in [1.82, 2.24) is 10.4 Å². The first-order chi connectivity index (χ1) is 5.90. The Balaban J connectivity index is 1.97. The molecular formula is C9H18N2O. The van der Waals surface area contributed by atoms with Gasteiger partial charge in [0, 0.05) is 19.1 Å². The summed E-state index contributed by atoms with van der Waals surface area (Å²) in [6.45, 7) is 6.29. The fraction of sp³-hybridized carbons (Fsp3) is 1.00. The fourth-order valence-electron chi connectivity index (χ4n) is 2.22. The largest absolute Gasteiger partial charge is 0.315 e. The third-order valence-electron chi connectivity index (χ3n) is 2.86. The quantitative estimate of drug-likeness (QED) is 0.657. The second-order valence-electron chi connectivity index (χ2n) is 3.77. The SMILES string of the molecule is CCON1CC2CCC1CNC2. The Bertz CT molecular complexity index is 147. The number of nitrogens with one attached hydrogen (secondary N) is 1. The number of hydrogen-bond acceptors (Lipinski definition) is 3. The van der Waals surface area contributed by atoms with Crippen LogP contribution in [0.15, 0.2) is 0 Å². The van der Waals surface area contributed by atoms with Crippen molar-refractivity contribution in [2.45, 2.75) is 25.8 Å². The van der Waals surface area contributed by atoms with Crippen molar-refractivity contribution in [1.29, 1.82) is 0 Å². The lowest BCUT2D eigenvalue weighted by atomic mass is 9.97. The summed E-state index contributed by atoms with van der Waals surface area (Å²) in [6, 6.07) is 0.628. The first kappa shape index (κ1) is 8.48. The molecule has 0 saturated carbocycles. The highest BCUT2D eigenvalue weighted by Crippen LogP contribution is 2.24. The maximum atomic E-state index is 5.59. The van der Waals surface area contributed by atoms with Gasteiger partial charge in [-0.1, -0.05) is 0 Å². The van der Waals surface area contributed by atoms with Crippen molar-refractivity contribution in [3.8, 4) is 0 Å². The third kappa shape index (κ3) is 1.63. The predicted octanol–water partition coefficient (Wildman–Crippen LogP) is 0.622. The summed E-state index contributed by atoms with van der Waals surface area (Å²) in [6.07, 6.45) is 2.68. The molecule has 3 aliphatic rings. The lowest BCUT2D eigenvalue weighted by Crippen LogP contribution is -2.43. The average Bonchev–Trinajstić information content (AvgIpc) is 2.39. The van der Waals surface area contributed by atoms with Crippen molar-refractivity contribution in [2.75, 3.05) is 26.2 Å². The van der Waals surface area contributed by atoms with Gasteiger partial charge in [0.15, 0.2) is 0 Å². The van der Waals surface area contributed by atoms with Crippen LogP contribution in [0.4, 0.5) is 0 Å². The molecule has 3 fully saturated rings. The fourth-order valence-corrected chi connectivity index (χ4v) is 2.22. The van der Waals surface area contributed by atoms with Gasteiger partial charge < -0.3 is 5.32 Å². The molecule has 0 aromatic carbocycles. The summed E-state index contributed by atoms with van der Waals surface area (Å²) in [5.74, 6) is 0.815.